The number of ether oxygens (including phenoxy) is 1. The quantitative estimate of drug-likeness (QED) is 0.784. The summed E-state index contributed by atoms with van der Waals surface area (Å²) in [5.74, 6) is -0.454. The van der Waals surface area contributed by atoms with E-state index in [4.69, 9.17) is 16.3 Å². The van der Waals surface area contributed by atoms with Crippen molar-refractivity contribution in [2.45, 2.75) is 26.4 Å². The Hall–Kier alpha value is -2.27. The van der Waals surface area contributed by atoms with Crippen molar-refractivity contribution >= 4 is 34.8 Å². The summed E-state index contributed by atoms with van der Waals surface area (Å²) >= 11 is 6.15. The maximum Gasteiger partial charge on any atom is 0.414 e. The fourth-order valence-corrected chi connectivity index (χ4v) is 2.21. The standard InChI is InChI=1S/C18H20ClFN2O2/c1-18(2,3)24-17(23)22(4)16-11-12(20)9-10-15(16)21-14-8-6-5-7-13(14)19/h5-11,21H,1-4H3. The number of carbonyl (C=O) groups excluding carboxylic acids is 1. The molecule has 0 atom stereocenters. The molecule has 1 amide bonds. The highest BCUT2D eigenvalue weighted by atomic mass is 35.5. The molecule has 0 aliphatic heterocycles. The van der Waals surface area contributed by atoms with Gasteiger partial charge < -0.3 is 10.1 Å². The number of carbonyl (C=O) groups is 1. The number of benzene rings is 2. The van der Waals surface area contributed by atoms with Gasteiger partial charge in [-0.15, -0.1) is 0 Å². The summed E-state index contributed by atoms with van der Waals surface area (Å²) < 4.78 is 19.0. The number of nitrogens with zero attached hydrogens (tertiary/aromatic N) is 1. The Balaban J connectivity index is 2.34. The number of amides is 1. The molecule has 2 rings (SSSR count). The van der Waals surface area contributed by atoms with Gasteiger partial charge in [-0.2, -0.15) is 0 Å². The van der Waals surface area contributed by atoms with Crippen LogP contribution in [0.5, 0.6) is 0 Å². The highest BCUT2D eigenvalue weighted by Gasteiger charge is 2.22. The van der Waals surface area contributed by atoms with Crippen LogP contribution in [0.4, 0.5) is 26.2 Å². The number of hydrogen-bond acceptors (Lipinski definition) is 3. The van der Waals surface area contributed by atoms with Gasteiger partial charge in [0.25, 0.3) is 0 Å². The smallest absolute Gasteiger partial charge is 0.414 e. The fourth-order valence-electron chi connectivity index (χ4n) is 2.02. The van der Waals surface area contributed by atoms with Gasteiger partial charge in [0.15, 0.2) is 0 Å². The van der Waals surface area contributed by atoms with Gasteiger partial charge in [0.2, 0.25) is 0 Å². The van der Waals surface area contributed by atoms with Gasteiger partial charge in [0.1, 0.15) is 11.4 Å². The van der Waals surface area contributed by atoms with Gasteiger partial charge in [0.05, 0.1) is 22.1 Å². The van der Waals surface area contributed by atoms with Crippen molar-refractivity contribution in [3.05, 3.63) is 53.3 Å². The molecule has 6 heteroatoms. The molecule has 0 aliphatic rings. The lowest BCUT2D eigenvalue weighted by Gasteiger charge is -2.26. The molecular weight excluding hydrogens is 331 g/mol. The monoisotopic (exact) mass is 350 g/mol. The number of rotatable bonds is 3. The first kappa shape index (κ1) is 18.1. The minimum Gasteiger partial charge on any atom is -0.443 e. The summed E-state index contributed by atoms with van der Waals surface area (Å²) in [4.78, 5) is 13.5. The third-order valence-corrected chi connectivity index (χ3v) is 3.46. The maximum absolute atomic E-state index is 13.7. The van der Waals surface area contributed by atoms with Crippen molar-refractivity contribution in [1.29, 1.82) is 0 Å². The molecule has 0 heterocycles. The van der Waals surface area contributed by atoms with Crippen molar-refractivity contribution < 1.29 is 13.9 Å². The van der Waals surface area contributed by atoms with Crippen LogP contribution < -0.4 is 10.2 Å². The second kappa shape index (κ2) is 7.09. The van der Waals surface area contributed by atoms with Gasteiger partial charge in [-0.3, -0.25) is 4.90 Å². The average Bonchev–Trinajstić information content (AvgIpc) is 2.48. The van der Waals surface area contributed by atoms with Crippen LogP contribution >= 0.6 is 11.6 Å². The van der Waals surface area contributed by atoms with Gasteiger partial charge in [0, 0.05) is 7.05 Å². The highest BCUT2D eigenvalue weighted by Crippen LogP contribution is 2.32. The fraction of sp³-hybridized carbons (Fsp3) is 0.278. The number of para-hydroxylation sites is 1. The zero-order valence-corrected chi connectivity index (χ0v) is 14.8. The molecule has 0 saturated heterocycles. The minimum absolute atomic E-state index is 0.351. The summed E-state index contributed by atoms with van der Waals surface area (Å²) in [6.45, 7) is 5.31. The lowest BCUT2D eigenvalue weighted by molar-refractivity contribution is 0.0589. The molecule has 1 N–H and O–H groups in total. The molecule has 0 spiro atoms. The predicted octanol–water partition coefficient (Wildman–Crippen LogP) is 5.59. The molecule has 4 nitrogen and oxygen atoms in total. The normalized spacial score (nSPS) is 11.1. The Morgan fingerprint density at radius 2 is 1.83 bits per heavy atom. The lowest BCUT2D eigenvalue weighted by atomic mass is 10.2. The van der Waals surface area contributed by atoms with Crippen molar-refractivity contribution in [1.82, 2.24) is 0 Å². The van der Waals surface area contributed by atoms with Crippen LogP contribution in [0, 0.1) is 5.82 Å². The van der Waals surface area contributed by atoms with E-state index in [0.717, 1.165) is 0 Å². The molecule has 0 radical (unpaired) electrons. The van der Waals surface area contributed by atoms with E-state index in [1.165, 1.54) is 24.1 Å². The van der Waals surface area contributed by atoms with Crippen LogP contribution in [-0.2, 0) is 4.74 Å². The molecule has 0 saturated carbocycles. The van der Waals surface area contributed by atoms with Crippen molar-refractivity contribution in [2.24, 2.45) is 0 Å². The third-order valence-electron chi connectivity index (χ3n) is 3.13. The summed E-state index contributed by atoms with van der Waals surface area (Å²) in [5.41, 5.74) is 0.904. The molecule has 0 bridgehead atoms. The maximum atomic E-state index is 13.7. The molecular formula is C18H20ClFN2O2. The molecule has 0 fully saturated rings. The van der Waals surface area contributed by atoms with Crippen LogP contribution in [0.2, 0.25) is 5.02 Å². The molecule has 24 heavy (non-hydrogen) atoms. The Morgan fingerprint density at radius 1 is 1.17 bits per heavy atom. The topological polar surface area (TPSA) is 41.6 Å². The molecule has 2 aromatic carbocycles. The number of nitrogens with one attached hydrogen (secondary N) is 1. The number of halogens is 2. The zero-order valence-electron chi connectivity index (χ0n) is 14.1. The Bertz CT molecular complexity index is 744. The second-order valence-electron chi connectivity index (χ2n) is 6.31. The van der Waals surface area contributed by atoms with Gasteiger partial charge in [-0.25, -0.2) is 9.18 Å². The van der Waals surface area contributed by atoms with E-state index in [2.05, 4.69) is 5.32 Å². The van der Waals surface area contributed by atoms with Gasteiger partial charge >= 0.3 is 6.09 Å². The van der Waals surface area contributed by atoms with E-state index in [1.54, 1.807) is 39.0 Å². The van der Waals surface area contributed by atoms with E-state index >= 15 is 0 Å². The van der Waals surface area contributed by atoms with Crippen molar-refractivity contribution in [3.8, 4) is 0 Å². The average molecular weight is 351 g/mol. The first-order chi connectivity index (χ1) is 11.2. The van der Waals surface area contributed by atoms with Crippen LogP contribution in [0.15, 0.2) is 42.5 Å². The van der Waals surface area contributed by atoms with Crippen LogP contribution in [0.1, 0.15) is 20.8 Å². The molecule has 0 aliphatic carbocycles. The summed E-state index contributed by atoms with van der Waals surface area (Å²) in [6.07, 6.45) is -0.574. The SMILES string of the molecule is CN(C(=O)OC(C)(C)C)c1cc(F)ccc1Nc1ccccc1Cl. The van der Waals surface area contributed by atoms with E-state index in [1.807, 2.05) is 12.1 Å². The van der Waals surface area contributed by atoms with Gasteiger partial charge in [-0.1, -0.05) is 23.7 Å². The summed E-state index contributed by atoms with van der Waals surface area (Å²) in [7, 11) is 1.53. The Kier molecular flexibility index (Phi) is 5.34. The third kappa shape index (κ3) is 4.61. The van der Waals surface area contributed by atoms with Crippen molar-refractivity contribution in [3.63, 3.8) is 0 Å². The van der Waals surface area contributed by atoms with E-state index in [0.29, 0.717) is 22.1 Å². The highest BCUT2D eigenvalue weighted by molar-refractivity contribution is 6.33. The second-order valence-corrected chi connectivity index (χ2v) is 6.71. The summed E-state index contributed by atoms with van der Waals surface area (Å²) in [6, 6.07) is 11.3. The minimum atomic E-state index is -0.644. The summed E-state index contributed by atoms with van der Waals surface area (Å²) in [5, 5.41) is 3.64. The Morgan fingerprint density at radius 3 is 2.46 bits per heavy atom. The number of hydrogen-bond donors (Lipinski definition) is 1. The molecule has 0 unspecified atom stereocenters. The molecule has 128 valence electrons. The van der Waals surface area contributed by atoms with E-state index in [-0.39, 0.29) is 0 Å². The first-order valence-corrected chi connectivity index (χ1v) is 7.83. The van der Waals surface area contributed by atoms with Crippen molar-refractivity contribution in [2.75, 3.05) is 17.3 Å². The predicted molar refractivity (Wildman–Crippen MR) is 95.8 cm³/mol. The largest absolute Gasteiger partial charge is 0.443 e. The van der Waals surface area contributed by atoms with Crippen LogP contribution in [0.25, 0.3) is 0 Å². The molecule has 2 aromatic rings. The van der Waals surface area contributed by atoms with E-state index < -0.39 is 17.5 Å². The van der Waals surface area contributed by atoms with Gasteiger partial charge in [-0.05, 0) is 51.1 Å². The molecule has 0 aromatic heterocycles. The van der Waals surface area contributed by atoms with E-state index in [9.17, 15) is 9.18 Å². The lowest BCUT2D eigenvalue weighted by Crippen LogP contribution is -2.34. The zero-order chi connectivity index (χ0) is 17.9. The van der Waals surface area contributed by atoms with Crippen LogP contribution in [0.3, 0.4) is 0 Å². The first-order valence-electron chi connectivity index (χ1n) is 7.45. The Labute approximate surface area is 146 Å². The van der Waals surface area contributed by atoms with Crippen LogP contribution in [-0.4, -0.2) is 18.7 Å². The number of anilines is 3.